The highest BCUT2D eigenvalue weighted by Gasteiger charge is 2.08. The number of nitrogens with zero attached hydrogens (tertiary/aromatic N) is 1. The van der Waals surface area contributed by atoms with Crippen molar-refractivity contribution in [1.82, 2.24) is 5.10 Å². The molecule has 62 valence electrons. The molecule has 0 fully saturated rings. The zero-order valence-corrected chi connectivity index (χ0v) is 8.02. The van der Waals surface area contributed by atoms with Gasteiger partial charge >= 0.3 is 0 Å². The number of fused-ring (bicyclic) bond motifs is 1. The van der Waals surface area contributed by atoms with Crippen molar-refractivity contribution in [2.45, 2.75) is 0 Å². The number of halogens is 2. The van der Waals surface area contributed by atoms with Gasteiger partial charge in [0.15, 0.2) is 7.05 Å². The largest absolute Gasteiger partial charge is 0.207 e. The average Bonchev–Trinajstić information content (AvgIpc) is 2.29. The molecule has 2 rings (SSSR count). The van der Waals surface area contributed by atoms with Gasteiger partial charge in [-0.25, -0.2) is 4.39 Å². The van der Waals surface area contributed by atoms with E-state index in [0.717, 1.165) is 15.4 Å². The van der Waals surface area contributed by atoms with Crippen LogP contribution in [0.4, 0.5) is 4.39 Å². The first-order chi connectivity index (χ1) is 5.66. The van der Waals surface area contributed by atoms with E-state index in [1.807, 2.05) is 13.2 Å². The van der Waals surface area contributed by atoms with Crippen LogP contribution in [0.3, 0.4) is 0 Å². The molecule has 12 heavy (non-hydrogen) atoms. The highest BCUT2D eigenvalue weighted by atomic mass is 79.9. The second-order valence-corrected chi connectivity index (χ2v) is 3.55. The number of H-pyrrole nitrogens is 1. The number of aromatic nitrogens is 2. The van der Waals surface area contributed by atoms with Crippen LogP contribution in [0, 0.1) is 5.82 Å². The molecule has 1 heterocycles. The second-order valence-electron chi connectivity index (χ2n) is 2.70. The van der Waals surface area contributed by atoms with E-state index < -0.39 is 0 Å². The summed E-state index contributed by atoms with van der Waals surface area (Å²) in [5, 5.41) is 3.97. The Kier molecular flexibility index (Phi) is 1.65. The molecule has 0 amide bonds. The van der Waals surface area contributed by atoms with E-state index in [9.17, 15) is 4.39 Å². The third kappa shape index (κ3) is 1.12. The predicted molar refractivity (Wildman–Crippen MR) is 47.1 cm³/mol. The van der Waals surface area contributed by atoms with Gasteiger partial charge in [-0.3, -0.25) is 0 Å². The van der Waals surface area contributed by atoms with Gasteiger partial charge in [0.1, 0.15) is 11.3 Å². The molecular formula is C8H7BrFN2+. The second kappa shape index (κ2) is 2.55. The van der Waals surface area contributed by atoms with Gasteiger partial charge in [0.2, 0.25) is 6.20 Å². The van der Waals surface area contributed by atoms with Crippen LogP contribution in [0.5, 0.6) is 0 Å². The molecule has 1 N–H and O–H groups in total. The van der Waals surface area contributed by atoms with E-state index in [1.54, 1.807) is 4.68 Å². The molecule has 2 aromatic rings. The molecule has 0 unspecified atom stereocenters. The lowest BCUT2D eigenvalue weighted by Gasteiger charge is -1.90. The van der Waals surface area contributed by atoms with E-state index in [4.69, 9.17) is 0 Å². The van der Waals surface area contributed by atoms with Crippen molar-refractivity contribution >= 4 is 26.8 Å². The van der Waals surface area contributed by atoms with Gasteiger partial charge in [0, 0.05) is 10.5 Å². The molecule has 0 saturated heterocycles. The van der Waals surface area contributed by atoms with Crippen molar-refractivity contribution in [3.63, 3.8) is 0 Å². The first kappa shape index (κ1) is 7.73. The van der Waals surface area contributed by atoms with Crippen LogP contribution >= 0.6 is 15.9 Å². The van der Waals surface area contributed by atoms with Crippen molar-refractivity contribution in [2.75, 3.05) is 0 Å². The summed E-state index contributed by atoms with van der Waals surface area (Å²) in [6.45, 7) is 0. The molecule has 4 heteroatoms. The zero-order valence-electron chi connectivity index (χ0n) is 6.44. The quantitative estimate of drug-likeness (QED) is 0.667. The van der Waals surface area contributed by atoms with Crippen LogP contribution in [0.2, 0.25) is 0 Å². The Morgan fingerprint density at radius 1 is 1.50 bits per heavy atom. The number of aryl methyl sites for hydroxylation is 1. The van der Waals surface area contributed by atoms with Crippen LogP contribution in [-0.4, -0.2) is 5.10 Å². The third-order valence-corrected chi connectivity index (χ3v) is 2.37. The minimum absolute atomic E-state index is 0.239. The SMILES string of the molecule is C[n+]1cc2c(Br)cc(F)cc2[nH]1. The third-order valence-electron chi connectivity index (χ3n) is 1.71. The monoisotopic (exact) mass is 229 g/mol. The standard InChI is InChI=1S/C8H6BrFN2/c1-12-4-6-7(9)2-5(10)3-8(6)11-12/h2-4H,1H3/p+1. The van der Waals surface area contributed by atoms with Crippen molar-refractivity contribution in [3.8, 4) is 0 Å². The van der Waals surface area contributed by atoms with Crippen LogP contribution in [-0.2, 0) is 7.05 Å². The van der Waals surface area contributed by atoms with Crippen molar-refractivity contribution in [2.24, 2.45) is 7.05 Å². The summed E-state index contributed by atoms with van der Waals surface area (Å²) in [6.07, 6.45) is 1.90. The molecule has 1 aromatic heterocycles. The molecule has 0 atom stereocenters. The molecule has 0 aliphatic heterocycles. The van der Waals surface area contributed by atoms with Crippen molar-refractivity contribution in [3.05, 3.63) is 28.6 Å². The number of benzene rings is 1. The molecule has 0 bridgehead atoms. The molecule has 0 aliphatic carbocycles. The maximum absolute atomic E-state index is 12.8. The minimum atomic E-state index is -0.239. The summed E-state index contributed by atoms with van der Waals surface area (Å²) in [7, 11) is 1.87. The summed E-state index contributed by atoms with van der Waals surface area (Å²) in [6, 6.07) is 2.93. The number of rotatable bonds is 0. The van der Waals surface area contributed by atoms with E-state index in [1.165, 1.54) is 12.1 Å². The smallest absolute Gasteiger partial charge is 0.204 e. The fourth-order valence-corrected chi connectivity index (χ4v) is 1.76. The van der Waals surface area contributed by atoms with Gasteiger partial charge in [0.25, 0.3) is 0 Å². The van der Waals surface area contributed by atoms with Crippen LogP contribution in [0.25, 0.3) is 10.9 Å². The maximum atomic E-state index is 12.8. The number of aromatic amines is 1. The summed E-state index contributed by atoms with van der Waals surface area (Å²) in [5.74, 6) is -0.239. The lowest BCUT2D eigenvalue weighted by molar-refractivity contribution is -0.724. The van der Waals surface area contributed by atoms with E-state index >= 15 is 0 Å². The Morgan fingerprint density at radius 3 is 3.00 bits per heavy atom. The number of hydrogen-bond donors (Lipinski definition) is 1. The highest BCUT2D eigenvalue weighted by Crippen LogP contribution is 2.22. The molecule has 0 spiro atoms. The molecule has 0 aliphatic rings. The molecule has 0 radical (unpaired) electrons. The number of nitrogens with one attached hydrogen (secondary N) is 1. The summed E-state index contributed by atoms with van der Waals surface area (Å²) < 4.78 is 15.4. The van der Waals surface area contributed by atoms with E-state index in [2.05, 4.69) is 21.0 Å². The fourth-order valence-electron chi connectivity index (χ4n) is 1.22. The van der Waals surface area contributed by atoms with Gasteiger partial charge < -0.3 is 0 Å². The van der Waals surface area contributed by atoms with Gasteiger partial charge in [-0.2, -0.15) is 5.10 Å². The summed E-state index contributed by atoms with van der Waals surface area (Å²) in [4.78, 5) is 0. The van der Waals surface area contributed by atoms with Gasteiger partial charge in [-0.15, -0.1) is 4.68 Å². The van der Waals surface area contributed by atoms with E-state index in [-0.39, 0.29) is 5.82 Å². The fraction of sp³-hybridized carbons (Fsp3) is 0.125. The zero-order chi connectivity index (χ0) is 8.72. The Bertz CT molecular complexity index is 436. The van der Waals surface area contributed by atoms with Gasteiger partial charge in [-0.05, 0) is 22.0 Å². The first-order valence-corrected chi connectivity index (χ1v) is 4.29. The predicted octanol–water partition coefficient (Wildman–Crippen LogP) is 1.89. The van der Waals surface area contributed by atoms with Crippen LogP contribution < -0.4 is 4.68 Å². The Balaban J connectivity index is 2.88. The number of hydrogen-bond acceptors (Lipinski definition) is 0. The van der Waals surface area contributed by atoms with Crippen LogP contribution in [0.1, 0.15) is 0 Å². The van der Waals surface area contributed by atoms with Crippen molar-refractivity contribution < 1.29 is 9.07 Å². The molecular weight excluding hydrogens is 223 g/mol. The Labute approximate surface area is 77.1 Å². The maximum Gasteiger partial charge on any atom is 0.204 e. The van der Waals surface area contributed by atoms with Gasteiger partial charge in [-0.1, -0.05) is 0 Å². The molecule has 0 saturated carbocycles. The van der Waals surface area contributed by atoms with Crippen molar-refractivity contribution in [1.29, 1.82) is 0 Å². The normalized spacial score (nSPS) is 10.9. The first-order valence-electron chi connectivity index (χ1n) is 3.50. The molecule has 1 aromatic carbocycles. The lowest BCUT2D eigenvalue weighted by atomic mass is 10.2. The van der Waals surface area contributed by atoms with E-state index in [0.29, 0.717) is 0 Å². The lowest BCUT2D eigenvalue weighted by Crippen LogP contribution is -2.27. The van der Waals surface area contributed by atoms with Crippen LogP contribution in [0.15, 0.2) is 22.8 Å². The average molecular weight is 230 g/mol. The summed E-state index contributed by atoms with van der Waals surface area (Å²) >= 11 is 3.29. The topological polar surface area (TPSA) is 19.7 Å². The Morgan fingerprint density at radius 2 is 2.25 bits per heavy atom. The molecule has 2 nitrogen and oxygen atoms in total. The summed E-state index contributed by atoms with van der Waals surface area (Å²) in [5.41, 5.74) is 0.796. The minimum Gasteiger partial charge on any atom is -0.207 e. The Hall–Kier alpha value is -0.900. The van der Waals surface area contributed by atoms with Gasteiger partial charge in [0.05, 0.1) is 5.39 Å². The highest BCUT2D eigenvalue weighted by molar-refractivity contribution is 9.10.